The van der Waals surface area contributed by atoms with Crippen molar-refractivity contribution in [2.75, 3.05) is 6.61 Å². The van der Waals surface area contributed by atoms with Gasteiger partial charge in [-0.3, -0.25) is 0 Å². The number of aliphatic hydroxyl groups excluding tert-OH is 2. The first-order chi connectivity index (χ1) is 18.7. The molecule has 2 aliphatic rings. The van der Waals surface area contributed by atoms with Gasteiger partial charge in [-0.2, -0.15) is 5.10 Å². The number of aromatic nitrogens is 6. The maximum absolute atomic E-state index is 14.5. The monoisotopic (exact) mass is 576 g/mol. The molecule has 2 aromatic carbocycles. The van der Waals surface area contributed by atoms with Crippen molar-refractivity contribution in [1.29, 1.82) is 0 Å². The van der Waals surface area contributed by atoms with Crippen molar-refractivity contribution in [3.63, 3.8) is 0 Å². The largest absolute Gasteiger partial charge is 0.394 e. The van der Waals surface area contributed by atoms with Gasteiger partial charge in [-0.15, -0.1) is 5.10 Å². The predicted octanol–water partition coefficient (Wildman–Crippen LogP) is 4.72. The first-order valence-electron chi connectivity index (χ1n) is 12.5. The molecule has 0 bridgehead atoms. The van der Waals surface area contributed by atoms with Crippen LogP contribution in [0, 0.1) is 18.6 Å². The molecule has 1 saturated carbocycles. The Kier molecular flexibility index (Phi) is 6.88. The van der Waals surface area contributed by atoms with E-state index in [2.05, 4.69) is 20.4 Å². The minimum Gasteiger partial charge on any atom is -0.394 e. The van der Waals surface area contributed by atoms with E-state index >= 15 is 0 Å². The van der Waals surface area contributed by atoms with Gasteiger partial charge in [0, 0.05) is 17.0 Å². The van der Waals surface area contributed by atoms with Crippen molar-refractivity contribution in [2.45, 2.75) is 56.5 Å². The Balaban J connectivity index is 1.37. The minimum absolute atomic E-state index is 0.0610. The zero-order valence-electron chi connectivity index (χ0n) is 20.7. The summed E-state index contributed by atoms with van der Waals surface area (Å²) >= 11 is 12.0. The second kappa shape index (κ2) is 10.2. The van der Waals surface area contributed by atoms with Crippen molar-refractivity contribution >= 4 is 23.2 Å². The highest BCUT2D eigenvalue weighted by Gasteiger charge is 2.42. The molecule has 2 fully saturated rings. The maximum atomic E-state index is 14.5. The van der Waals surface area contributed by atoms with Crippen LogP contribution in [0.1, 0.15) is 54.5 Å². The molecular weight excluding hydrogens is 553 g/mol. The van der Waals surface area contributed by atoms with Crippen LogP contribution in [0.2, 0.25) is 10.0 Å². The lowest BCUT2D eigenvalue weighted by Crippen LogP contribution is -2.45. The van der Waals surface area contributed by atoms with E-state index in [4.69, 9.17) is 27.9 Å². The van der Waals surface area contributed by atoms with Crippen LogP contribution in [0.15, 0.2) is 36.5 Å². The molecule has 13 heteroatoms. The van der Waals surface area contributed by atoms with E-state index in [9.17, 15) is 19.0 Å². The minimum atomic E-state index is -1.18. The van der Waals surface area contributed by atoms with Crippen molar-refractivity contribution in [3.8, 4) is 16.9 Å². The molecule has 6 rings (SSSR count). The first kappa shape index (κ1) is 26.3. The van der Waals surface area contributed by atoms with E-state index in [-0.39, 0.29) is 22.7 Å². The number of hydrogen-bond acceptors (Lipinski definition) is 7. The Labute approximate surface area is 232 Å². The Morgan fingerprint density at radius 3 is 2.67 bits per heavy atom. The molecule has 0 spiro atoms. The normalized spacial score (nSPS) is 23.4. The highest BCUT2D eigenvalue weighted by Crippen LogP contribution is 2.44. The van der Waals surface area contributed by atoms with Crippen molar-refractivity contribution in [2.24, 2.45) is 0 Å². The molecule has 4 unspecified atom stereocenters. The topological polar surface area (TPSA) is 111 Å². The summed E-state index contributed by atoms with van der Waals surface area (Å²) in [5, 5.41) is 34.0. The number of nitrogens with zero attached hydrogens (tertiary/aromatic N) is 6. The lowest BCUT2D eigenvalue weighted by atomic mass is 9.95. The SMILES string of the molecule is Cc1nc(C2CC(n3cc(-c4ccc(Cl)c(F)c4F)nn3)C(O)C(CO)O2)n(-c2cc(Cl)ccc2C2CC2)n1. The molecule has 4 aromatic rings. The van der Waals surface area contributed by atoms with Gasteiger partial charge in [0.15, 0.2) is 17.5 Å². The number of hydrogen-bond donors (Lipinski definition) is 2. The fraction of sp³-hybridized carbons (Fsp3) is 0.385. The van der Waals surface area contributed by atoms with Crippen molar-refractivity contribution in [1.82, 2.24) is 29.8 Å². The summed E-state index contributed by atoms with van der Waals surface area (Å²) in [5.74, 6) is -0.922. The molecule has 0 radical (unpaired) electrons. The molecule has 2 aromatic heterocycles. The number of aliphatic hydroxyl groups is 2. The molecule has 9 nitrogen and oxygen atoms in total. The zero-order chi connectivity index (χ0) is 27.4. The van der Waals surface area contributed by atoms with Gasteiger partial charge in [0.05, 0.1) is 29.6 Å². The summed E-state index contributed by atoms with van der Waals surface area (Å²) in [6, 6.07) is 7.50. The molecule has 1 saturated heterocycles. The lowest BCUT2D eigenvalue weighted by Gasteiger charge is -2.38. The second-order valence-corrected chi connectivity index (χ2v) is 10.7. The van der Waals surface area contributed by atoms with Crippen LogP contribution >= 0.6 is 23.2 Å². The van der Waals surface area contributed by atoms with Gasteiger partial charge in [-0.1, -0.05) is 34.5 Å². The van der Waals surface area contributed by atoms with Crippen LogP contribution in [-0.2, 0) is 4.74 Å². The van der Waals surface area contributed by atoms with Crippen LogP contribution in [-0.4, -0.2) is 58.8 Å². The quantitative estimate of drug-likeness (QED) is 0.319. The average molecular weight is 577 g/mol. The Hall–Kier alpha value is -2.96. The summed E-state index contributed by atoms with van der Waals surface area (Å²) < 4.78 is 37.8. The Bertz CT molecular complexity index is 1540. The fourth-order valence-corrected chi connectivity index (χ4v) is 5.39. The van der Waals surface area contributed by atoms with Crippen LogP contribution < -0.4 is 0 Å². The third-order valence-electron chi connectivity index (χ3n) is 7.17. The summed E-state index contributed by atoms with van der Waals surface area (Å²) in [4.78, 5) is 4.64. The summed E-state index contributed by atoms with van der Waals surface area (Å²) in [6.07, 6.45) is 0.914. The smallest absolute Gasteiger partial charge is 0.178 e. The molecule has 3 heterocycles. The van der Waals surface area contributed by atoms with Crippen LogP contribution in [0.3, 0.4) is 0 Å². The van der Waals surface area contributed by atoms with Gasteiger partial charge < -0.3 is 14.9 Å². The number of ether oxygens (including phenoxy) is 1. The first-order valence-corrected chi connectivity index (χ1v) is 13.2. The van der Waals surface area contributed by atoms with Crippen molar-refractivity contribution in [3.05, 3.63) is 75.4 Å². The second-order valence-electron chi connectivity index (χ2n) is 9.85. The van der Waals surface area contributed by atoms with Gasteiger partial charge in [-0.05, 0) is 55.5 Å². The van der Waals surface area contributed by atoms with E-state index in [0.717, 1.165) is 24.1 Å². The van der Waals surface area contributed by atoms with Crippen molar-refractivity contribution < 1.29 is 23.7 Å². The van der Waals surface area contributed by atoms with E-state index in [1.807, 2.05) is 18.2 Å². The summed E-state index contributed by atoms with van der Waals surface area (Å²) in [6.45, 7) is 1.30. The molecule has 2 N–H and O–H groups in total. The van der Waals surface area contributed by atoms with Crippen LogP contribution in [0.25, 0.3) is 16.9 Å². The summed E-state index contributed by atoms with van der Waals surface area (Å²) in [5.41, 5.74) is 1.85. The Morgan fingerprint density at radius 2 is 1.92 bits per heavy atom. The number of rotatable bonds is 6. The molecule has 1 aliphatic heterocycles. The standard InChI is InChI=1S/C26H24Cl2F2N6O3/c1-12-31-26(36(33-12)19-8-14(27)4-5-15(19)13-2-3-13)21-9-20(25(38)22(11-37)39-21)35-10-18(32-34-35)16-6-7-17(28)24(30)23(16)29/h4-8,10,13,20-22,25,37-38H,2-3,9,11H2,1H3. The number of aryl methyl sites for hydroxylation is 1. The van der Waals surface area contributed by atoms with Gasteiger partial charge in [-0.25, -0.2) is 23.1 Å². The van der Waals surface area contributed by atoms with E-state index in [1.165, 1.54) is 23.0 Å². The predicted molar refractivity (Wildman–Crippen MR) is 138 cm³/mol. The van der Waals surface area contributed by atoms with E-state index < -0.39 is 42.6 Å². The van der Waals surface area contributed by atoms with Gasteiger partial charge in [0.25, 0.3) is 0 Å². The lowest BCUT2D eigenvalue weighted by molar-refractivity contribution is -0.161. The Morgan fingerprint density at radius 1 is 1.13 bits per heavy atom. The number of benzene rings is 2. The molecule has 0 amide bonds. The zero-order valence-corrected chi connectivity index (χ0v) is 22.2. The third-order valence-corrected chi connectivity index (χ3v) is 7.70. The van der Waals surface area contributed by atoms with Gasteiger partial charge in [0.2, 0.25) is 0 Å². The molecular formula is C26H24Cl2F2N6O3. The average Bonchev–Trinajstić information content (AvgIpc) is 3.52. The fourth-order valence-electron chi connectivity index (χ4n) is 5.08. The highest BCUT2D eigenvalue weighted by atomic mass is 35.5. The molecule has 4 atom stereocenters. The van der Waals surface area contributed by atoms with Crippen LogP contribution in [0.4, 0.5) is 8.78 Å². The van der Waals surface area contributed by atoms with E-state index in [0.29, 0.717) is 22.6 Å². The molecule has 39 heavy (non-hydrogen) atoms. The molecule has 1 aliphatic carbocycles. The molecule has 204 valence electrons. The number of halogens is 4. The van der Waals surface area contributed by atoms with E-state index in [1.54, 1.807) is 11.6 Å². The van der Waals surface area contributed by atoms with Gasteiger partial charge in [0.1, 0.15) is 29.8 Å². The summed E-state index contributed by atoms with van der Waals surface area (Å²) in [7, 11) is 0. The maximum Gasteiger partial charge on any atom is 0.178 e. The third kappa shape index (κ3) is 4.82. The van der Waals surface area contributed by atoms with Gasteiger partial charge >= 0.3 is 0 Å². The van der Waals surface area contributed by atoms with Crippen LogP contribution in [0.5, 0.6) is 0 Å². The highest BCUT2D eigenvalue weighted by molar-refractivity contribution is 6.31.